The summed E-state index contributed by atoms with van der Waals surface area (Å²) in [6, 6.07) is 7.78. The molecule has 2 heterocycles. The van der Waals surface area contributed by atoms with Crippen LogP contribution in [-0.2, 0) is 6.54 Å². The lowest BCUT2D eigenvalue weighted by molar-refractivity contribution is 0.650. The Kier molecular flexibility index (Phi) is 2.80. The van der Waals surface area contributed by atoms with Gasteiger partial charge in [0.15, 0.2) is 0 Å². The lowest BCUT2D eigenvalue weighted by Gasteiger charge is -2.02. The highest BCUT2D eigenvalue weighted by atomic mass is 35.5. The normalized spacial score (nSPS) is 11.4. The molecule has 0 aliphatic carbocycles. The molecule has 0 fully saturated rings. The molecular formula is C13H12ClN3O. The molecule has 1 aromatic carbocycles. The fourth-order valence-electron chi connectivity index (χ4n) is 2.13. The Morgan fingerprint density at radius 2 is 2.17 bits per heavy atom. The van der Waals surface area contributed by atoms with Crippen LogP contribution in [0.4, 0.5) is 0 Å². The van der Waals surface area contributed by atoms with Crippen LogP contribution in [0.1, 0.15) is 6.42 Å². The SMILES string of the molecule is O=c1c2[nH]c3ccccc3c2ncn1CCCCl. The van der Waals surface area contributed by atoms with Crippen molar-refractivity contribution in [3.63, 3.8) is 0 Å². The Balaban J connectivity index is 2.26. The van der Waals surface area contributed by atoms with Gasteiger partial charge in [-0.05, 0) is 12.5 Å². The second kappa shape index (κ2) is 4.46. The highest BCUT2D eigenvalue weighted by Crippen LogP contribution is 2.20. The van der Waals surface area contributed by atoms with E-state index in [0.717, 1.165) is 22.8 Å². The average Bonchev–Trinajstić information content (AvgIpc) is 2.78. The van der Waals surface area contributed by atoms with E-state index < -0.39 is 0 Å². The molecule has 1 N–H and O–H groups in total. The minimum absolute atomic E-state index is 0.0404. The molecule has 0 bridgehead atoms. The van der Waals surface area contributed by atoms with Crippen LogP contribution < -0.4 is 5.56 Å². The van der Waals surface area contributed by atoms with Gasteiger partial charge in [-0.15, -0.1) is 11.6 Å². The third-order valence-corrected chi connectivity index (χ3v) is 3.28. The lowest BCUT2D eigenvalue weighted by atomic mass is 10.2. The maximum atomic E-state index is 12.3. The molecule has 2 aromatic heterocycles. The van der Waals surface area contributed by atoms with Gasteiger partial charge in [-0.2, -0.15) is 0 Å². The van der Waals surface area contributed by atoms with Crippen LogP contribution in [0.15, 0.2) is 35.4 Å². The minimum Gasteiger partial charge on any atom is -0.349 e. The summed E-state index contributed by atoms with van der Waals surface area (Å²) in [5, 5.41) is 0.981. The van der Waals surface area contributed by atoms with E-state index >= 15 is 0 Å². The Bertz CT molecular complexity index is 760. The highest BCUT2D eigenvalue weighted by molar-refractivity contribution is 6.17. The van der Waals surface area contributed by atoms with Crippen LogP contribution in [0.2, 0.25) is 0 Å². The van der Waals surface area contributed by atoms with Crippen molar-refractivity contribution in [3.05, 3.63) is 40.9 Å². The first kappa shape index (κ1) is 11.3. The van der Waals surface area contributed by atoms with Gasteiger partial charge < -0.3 is 4.98 Å². The number of aromatic nitrogens is 3. The summed E-state index contributed by atoms with van der Waals surface area (Å²) in [5.74, 6) is 0.539. The maximum Gasteiger partial charge on any atom is 0.277 e. The molecule has 0 aliphatic rings. The third kappa shape index (κ3) is 1.69. The second-order valence-electron chi connectivity index (χ2n) is 4.18. The summed E-state index contributed by atoms with van der Waals surface area (Å²) in [7, 11) is 0. The zero-order chi connectivity index (χ0) is 12.5. The zero-order valence-corrected chi connectivity index (χ0v) is 10.4. The van der Waals surface area contributed by atoms with Crippen molar-refractivity contribution in [2.75, 3.05) is 5.88 Å². The first-order valence-electron chi connectivity index (χ1n) is 5.83. The summed E-state index contributed by atoms with van der Waals surface area (Å²) in [6.07, 6.45) is 2.35. The summed E-state index contributed by atoms with van der Waals surface area (Å²) < 4.78 is 1.60. The molecule has 3 rings (SSSR count). The topological polar surface area (TPSA) is 50.7 Å². The standard InChI is InChI=1S/C13H12ClN3O/c14-6-3-7-17-8-15-11-9-4-1-2-5-10(9)16-12(11)13(17)18/h1-2,4-5,8,16H,3,6-7H2. The van der Waals surface area contributed by atoms with Crippen LogP contribution in [0, 0.1) is 0 Å². The molecule has 0 saturated carbocycles. The summed E-state index contributed by atoms with van der Waals surface area (Å²) in [4.78, 5) is 19.8. The molecule has 4 nitrogen and oxygen atoms in total. The van der Waals surface area contributed by atoms with Gasteiger partial charge in [0.1, 0.15) is 11.0 Å². The van der Waals surface area contributed by atoms with Crippen LogP contribution in [0.25, 0.3) is 21.9 Å². The lowest BCUT2D eigenvalue weighted by Crippen LogP contribution is -2.20. The monoisotopic (exact) mass is 261 g/mol. The van der Waals surface area contributed by atoms with Crippen molar-refractivity contribution in [2.24, 2.45) is 0 Å². The third-order valence-electron chi connectivity index (χ3n) is 3.01. The van der Waals surface area contributed by atoms with Crippen molar-refractivity contribution in [2.45, 2.75) is 13.0 Å². The van der Waals surface area contributed by atoms with Crippen LogP contribution in [0.3, 0.4) is 0 Å². The maximum absolute atomic E-state index is 12.3. The number of rotatable bonds is 3. The number of fused-ring (bicyclic) bond motifs is 3. The number of hydrogen-bond donors (Lipinski definition) is 1. The minimum atomic E-state index is -0.0404. The Hall–Kier alpha value is -1.81. The van der Waals surface area contributed by atoms with E-state index in [9.17, 15) is 4.79 Å². The van der Waals surface area contributed by atoms with Crippen molar-refractivity contribution >= 4 is 33.5 Å². The molecule has 3 aromatic rings. The summed E-state index contributed by atoms with van der Waals surface area (Å²) in [5.41, 5.74) is 2.19. The van der Waals surface area contributed by atoms with Gasteiger partial charge in [-0.25, -0.2) is 4.98 Å². The van der Waals surface area contributed by atoms with Gasteiger partial charge in [0.05, 0.1) is 6.33 Å². The average molecular weight is 262 g/mol. The fourth-order valence-corrected chi connectivity index (χ4v) is 2.25. The van der Waals surface area contributed by atoms with Crippen molar-refractivity contribution in [3.8, 4) is 0 Å². The van der Waals surface area contributed by atoms with Crippen molar-refractivity contribution in [1.29, 1.82) is 0 Å². The number of halogens is 1. The zero-order valence-electron chi connectivity index (χ0n) is 9.69. The van der Waals surface area contributed by atoms with Gasteiger partial charge in [0, 0.05) is 23.3 Å². The summed E-state index contributed by atoms with van der Waals surface area (Å²) >= 11 is 5.64. The van der Waals surface area contributed by atoms with E-state index in [0.29, 0.717) is 17.9 Å². The van der Waals surface area contributed by atoms with E-state index in [4.69, 9.17) is 11.6 Å². The van der Waals surface area contributed by atoms with E-state index in [-0.39, 0.29) is 5.56 Å². The largest absolute Gasteiger partial charge is 0.349 e. The van der Waals surface area contributed by atoms with Gasteiger partial charge >= 0.3 is 0 Å². The van der Waals surface area contributed by atoms with E-state index in [1.165, 1.54) is 0 Å². The first-order valence-corrected chi connectivity index (χ1v) is 6.36. The number of H-pyrrole nitrogens is 1. The van der Waals surface area contributed by atoms with Gasteiger partial charge in [-0.1, -0.05) is 18.2 Å². The van der Waals surface area contributed by atoms with E-state index in [1.54, 1.807) is 10.9 Å². The fraction of sp³-hybridized carbons (Fsp3) is 0.231. The van der Waals surface area contributed by atoms with Crippen molar-refractivity contribution in [1.82, 2.24) is 14.5 Å². The number of aromatic amines is 1. The molecule has 0 amide bonds. The van der Waals surface area contributed by atoms with Crippen molar-refractivity contribution < 1.29 is 0 Å². The highest BCUT2D eigenvalue weighted by Gasteiger charge is 2.09. The number of hydrogen-bond acceptors (Lipinski definition) is 2. The molecule has 5 heteroatoms. The van der Waals surface area contributed by atoms with E-state index in [1.807, 2.05) is 24.3 Å². The summed E-state index contributed by atoms with van der Waals surface area (Å²) in [6.45, 7) is 0.598. The Morgan fingerprint density at radius 1 is 1.33 bits per heavy atom. The molecule has 0 unspecified atom stereocenters. The predicted molar refractivity (Wildman–Crippen MR) is 73.2 cm³/mol. The number of benzene rings is 1. The number of para-hydroxylation sites is 1. The molecular weight excluding hydrogens is 250 g/mol. The second-order valence-corrected chi connectivity index (χ2v) is 4.56. The Morgan fingerprint density at radius 3 is 3.00 bits per heavy atom. The molecule has 0 radical (unpaired) electrons. The van der Waals surface area contributed by atoms with Crippen LogP contribution >= 0.6 is 11.6 Å². The number of nitrogens with zero attached hydrogens (tertiary/aromatic N) is 2. The van der Waals surface area contributed by atoms with Crippen LogP contribution in [-0.4, -0.2) is 20.4 Å². The number of aryl methyl sites for hydroxylation is 1. The van der Waals surface area contributed by atoms with Gasteiger partial charge in [-0.3, -0.25) is 9.36 Å². The number of alkyl halides is 1. The Labute approximate surface area is 108 Å². The molecule has 92 valence electrons. The molecule has 0 atom stereocenters. The molecule has 0 saturated heterocycles. The molecule has 0 aliphatic heterocycles. The van der Waals surface area contributed by atoms with Gasteiger partial charge in [0.2, 0.25) is 0 Å². The molecule has 0 spiro atoms. The van der Waals surface area contributed by atoms with Crippen LogP contribution in [0.5, 0.6) is 0 Å². The van der Waals surface area contributed by atoms with E-state index in [2.05, 4.69) is 9.97 Å². The predicted octanol–water partition coefficient (Wildman–Crippen LogP) is 2.51. The van der Waals surface area contributed by atoms with Gasteiger partial charge in [0.25, 0.3) is 5.56 Å². The first-order chi connectivity index (χ1) is 8.81. The molecule has 18 heavy (non-hydrogen) atoms. The number of nitrogens with one attached hydrogen (secondary N) is 1. The quantitative estimate of drug-likeness (QED) is 0.737. The smallest absolute Gasteiger partial charge is 0.277 e.